The van der Waals surface area contributed by atoms with Gasteiger partial charge in [0.15, 0.2) is 0 Å². The van der Waals surface area contributed by atoms with Crippen LogP contribution in [-0.2, 0) is 4.79 Å². The van der Waals surface area contributed by atoms with Gasteiger partial charge in [-0.05, 0) is 68.6 Å². The Morgan fingerprint density at radius 2 is 1.92 bits per heavy atom. The molecule has 3 aliphatic rings. The molecule has 0 bridgehead atoms. The van der Waals surface area contributed by atoms with Gasteiger partial charge in [-0.2, -0.15) is 0 Å². The highest BCUT2D eigenvalue weighted by atomic mass is 16.5. The van der Waals surface area contributed by atoms with Crippen LogP contribution in [0.1, 0.15) is 55.3 Å². The van der Waals surface area contributed by atoms with E-state index in [0.29, 0.717) is 5.56 Å². The third kappa shape index (κ3) is 2.87. The summed E-state index contributed by atoms with van der Waals surface area (Å²) >= 11 is 0. The highest BCUT2D eigenvalue weighted by molar-refractivity contribution is 5.94. The summed E-state index contributed by atoms with van der Waals surface area (Å²) in [4.78, 5) is 23.4. The van der Waals surface area contributed by atoms with Crippen molar-refractivity contribution >= 4 is 11.9 Å². The van der Waals surface area contributed by atoms with E-state index < -0.39 is 5.97 Å². The van der Waals surface area contributed by atoms with E-state index in [2.05, 4.69) is 5.32 Å². The molecule has 1 aromatic carbocycles. The second kappa shape index (κ2) is 5.80. The van der Waals surface area contributed by atoms with E-state index >= 15 is 0 Å². The molecule has 1 atom stereocenters. The summed E-state index contributed by atoms with van der Waals surface area (Å²) in [6, 6.07) is 7.45. The number of nitrogens with one attached hydrogen (secondary N) is 1. The lowest BCUT2D eigenvalue weighted by Crippen LogP contribution is -2.46. The van der Waals surface area contributed by atoms with Gasteiger partial charge in [0.2, 0.25) is 0 Å². The summed E-state index contributed by atoms with van der Waals surface area (Å²) in [5, 5.41) is 12.1. The number of amides is 1. The second-order valence-corrected chi connectivity index (χ2v) is 7.59. The lowest BCUT2D eigenvalue weighted by Gasteiger charge is -2.37. The summed E-state index contributed by atoms with van der Waals surface area (Å²) in [5.41, 5.74) is 0.578. The maximum atomic E-state index is 12.4. The minimum atomic E-state index is -0.698. The monoisotopic (exact) mass is 329 g/mol. The van der Waals surface area contributed by atoms with Gasteiger partial charge in [0.25, 0.3) is 5.91 Å². The smallest absolute Gasteiger partial charge is 0.307 e. The van der Waals surface area contributed by atoms with Crippen molar-refractivity contribution in [2.24, 2.45) is 11.3 Å². The van der Waals surface area contributed by atoms with Crippen LogP contribution in [0.5, 0.6) is 5.75 Å². The zero-order valence-electron chi connectivity index (χ0n) is 13.7. The molecule has 0 radical (unpaired) electrons. The zero-order chi connectivity index (χ0) is 16.7. The van der Waals surface area contributed by atoms with E-state index in [1.165, 1.54) is 12.8 Å². The molecule has 3 aliphatic carbocycles. The van der Waals surface area contributed by atoms with Gasteiger partial charge < -0.3 is 15.2 Å². The molecule has 3 fully saturated rings. The molecule has 0 aromatic heterocycles. The molecule has 0 unspecified atom stereocenters. The Hall–Kier alpha value is -2.04. The van der Waals surface area contributed by atoms with Crippen molar-refractivity contribution in [3.63, 3.8) is 0 Å². The second-order valence-electron chi connectivity index (χ2n) is 7.59. The molecule has 1 amide bonds. The number of aliphatic carboxylic acids is 1. The highest BCUT2D eigenvalue weighted by Crippen LogP contribution is 2.65. The topological polar surface area (TPSA) is 75.6 Å². The van der Waals surface area contributed by atoms with Crippen LogP contribution in [0.4, 0.5) is 0 Å². The van der Waals surface area contributed by atoms with Gasteiger partial charge in [0.05, 0.1) is 12.0 Å². The molecular weight excluding hydrogens is 306 g/mol. The van der Waals surface area contributed by atoms with Crippen LogP contribution in [0.3, 0.4) is 0 Å². The molecule has 2 N–H and O–H groups in total. The van der Waals surface area contributed by atoms with Crippen molar-refractivity contribution in [1.29, 1.82) is 0 Å². The van der Waals surface area contributed by atoms with E-state index in [1.54, 1.807) is 12.1 Å². The SMILES string of the molecule is O=C(NC1CC2(C1)C[C@H]2C(=O)O)c1cccc(OC2CCCC2)c1. The summed E-state index contributed by atoms with van der Waals surface area (Å²) in [5.74, 6) is -0.239. The zero-order valence-corrected chi connectivity index (χ0v) is 13.7. The first-order chi connectivity index (χ1) is 11.6. The molecular formula is C19H23NO4. The van der Waals surface area contributed by atoms with Gasteiger partial charge >= 0.3 is 5.97 Å². The van der Waals surface area contributed by atoms with Crippen LogP contribution >= 0.6 is 0 Å². The van der Waals surface area contributed by atoms with Gasteiger partial charge in [-0.1, -0.05) is 6.07 Å². The van der Waals surface area contributed by atoms with Gasteiger partial charge in [-0.15, -0.1) is 0 Å². The summed E-state index contributed by atoms with van der Waals surface area (Å²) < 4.78 is 5.95. The number of ether oxygens (including phenoxy) is 1. The van der Waals surface area contributed by atoms with Crippen molar-refractivity contribution < 1.29 is 19.4 Å². The fourth-order valence-electron chi connectivity index (χ4n) is 4.35. The van der Waals surface area contributed by atoms with E-state index in [4.69, 9.17) is 9.84 Å². The molecule has 3 saturated carbocycles. The number of carboxylic acids is 1. The average molecular weight is 329 g/mol. The molecule has 1 aromatic rings. The summed E-state index contributed by atoms with van der Waals surface area (Å²) in [7, 11) is 0. The number of carbonyl (C=O) groups excluding carboxylic acids is 1. The minimum absolute atomic E-state index is 0.0305. The predicted octanol–water partition coefficient (Wildman–Crippen LogP) is 2.99. The maximum Gasteiger partial charge on any atom is 0.307 e. The molecule has 24 heavy (non-hydrogen) atoms. The van der Waals surface area contributed by atoms with Crippen molar-refractivity contribution in [2.75, 3.05) is 0 Å². The molecule has 1 spiro atoms. The molecule has 4 rings (SSSR count). The Morgan fingerprint density at radius 1 is 1.17 bits per heavy atom. The molecule has 0 heterocycles. The first-order valence-electron chi connectivity index (χ1n) is 8.86. The number of rotatable bonds is 5. The number of hydrogen-bond acceptors (Lipinski definition) is 3. The van der Waals surface area contributed by atoms with Crippen LogP contribution in [0.25, 0.3) is 0 Å². The van der Waals surface area contributed by atoms with Crippen molar-refractivity contribution in [1.82, 2.24) is 5.32 Å². The average Bonchev–Trinajstić information content (AvgIpc) is 3.07. The Labute approximate surface area is 141 Å². The molecule has 128 valence electrons. The van der Waals surface area contributed by atoms with Gasteiger partial charge in [-0.3, -0.25) is 9.59 Å². The van der Waals surface area contributed by atoms with Gasteiger partial charge in [0.1, 0.15) is 5.75 Å². The Morgan fingerprint density at radius 3 is 2.58 bits per heavy atom. The number of hydrogen-bond donors (Lipinski definition) is 2. The third-order valence-corrected chi connectivity index (χ3v) is 5.83. The Bertz CT molecular complexity index is 659. The normalized spacial score (nSPS) is 31.5. The molecule has 0 aliphatic heterocycles. The van der Waals surface area contributed by atoms with Crippen molar-refractivity contribution in [3.8, 4) is 5.75 Å². The summed E-state index contributed by atoms with van der Waals surface area (Å²) in [6.45, 7) is 0. The maximum absolute atomic E-state index is 12.4. The molecule has 5 heteroatoms. The fraction of sp³-hybridized carbons (Fsp3) is 0.579. The van der Waals surface area contributed by atoms with E-state index in [9.17, 15) is 9.59 Å². The Kier molecular flexibility index (Phi) is 3.74. The first kappa shape index (κ1) is 15.5. The van der Waals surface area contributed by atoms with Gasteiger partial charge in [0, 0.05) is 11.6 Å². The lowest BCUT2D eigenvalue weighted by atomic mass is 9.75. The van der Waals surface area contributed by atoms with E-state index in [-0.39, 0.29) is 29.4 Å². The van der Waals surface area contributed by atoms with E-state index in [0.717, 1.165) is 37.9 Å². The van der Waals surface area contributed by atoms with Crippen LogP contribution in [0.15, 0.2) is 24.3 Å². The minimum Gasteiger partial charge on any atom is -0.490 e. The first-order valence-corrected chi connectivity index (χ1v) is 8.86. The largest absolute Gasteiger partial charge is 0.490 e. The molecule has 5 nitrogen and oxygen atoms in total. The van der Waals surface area contributed by atoms with Crippen molar-refractivity contribution in [2.45, 2.75) is 57.1 Å². The van der Waals surface area contributed by atoms with E-state index in [1.807, 2.05) is 12.1 Å². The fourth-order valence-corrected chi connectivity index (χ4v) is 4.35. The van der Waals surface area contributed by atoms with Crippen LogP contribution in [-0.4, -0.2) is 29.1 Å². The van der Waals surface area contributed by atoms with Gasteiger partial charge in [-0.25, -0.2) is 0 Å². The highest BCUT2D eigenvalue weighted by Gasteiger charge is 2.65. The molecule has 0 saturated heterocycles. The number of carboxylic acid groups (broad SMARTS) is 1. The summed E-state index contributed by atoms with van der Waals surface area (Å²) in [6.07, 6.45) is 7.22. The van der Waals surface area contributed by atoms with Crippen LogP contribution in [0, 0.1) is 11.3 Å². The van der Waals surface area contributed by atoms with Crippen molar-refractivity contribution in [3.05, 3.63) is 29.8 Å². The standard InChI is InChI=1S/C19H23NO4/c21-17(20-13-9-19(10-13)11-16(19)18(22)23)12-4-3-7-15(8-12)24-14-5-1-2-6-14/h3-4,7-8,13-14,16H,1-2,5-6,9-11H2,(H,20,21)(H,22,23)/t13?,16-,19?/m0/s1. The number of carbonyl (C=O) groups is 2. The number of benzene rings is 1. The Balaban J connectivity index is 1.31. The quantitative estimate of drug-likeness (QED) is 0.871. The van der Waals surface area contributed by atoms with Crippen LogP contribution in [0.2, 0.25) is 0 Å². The predicted molar refractivity (Wildman–Crippen MR) is 88.0 cm³/mol. The lowest BCUT2D eigenvalue weighted by molar-refractivity contribution is -0.140. The third-order valence-electron chi connectivity index (χ3n) is 5.83. The van der Waals surface area contributed by atoms with Crippen LogP contribution < -0.4 is 10.1 Å².